The van der Waals surface area contributed by atoms with Crippen molar-refractivity contribution in [1.82, 2.24) is 5.32 Å². The van der Waals surface area contributed by atoms with Gasteiger partial charge in [0.25, 0.3) is 0 Å². The molecule has 0 radical (unpaired) electrons. The van der Waals surface area contributed by atoms with Gasteiger partial charge in [0.05, 0.1) is 0 Å². The molecule has 2 atom stereocenters. The summed E-state index contributed by atoms with van der Waals surface area (Å²) in [4.78, 5) is 0. The molecule has 0 spiro atoms. The van der Waals surface area contributed by atoms with Crippen LogP contribution in [0.25, 0.3) is 0 Å². The third-order valence-electron chi connectivity index (χ3n) is 3.61. The van der Waals surface area contributed by atoms with Gasteiger partial charge >= 0.3 is 0 Å². The van der Waals surface area contributed by atoms with Crippen molar-refractivity contribution in [1.29, 1.82) is 0 Å². The van der Waals surface area contributed by atoms with Crippen molar-refractivity contribution in [3.8, 4) is 0 Å². The third kappa shape index (κ3) is 9.61. The Balaban J connectivity index is 3.74. The van der Waals surface area contributed by atoms with Gasteiger partial charge in [-0.05, 0) is 39.2 Å². The standard InChI is InChI=1S/C15H33NO/c1-5-8-10-14(6-2)13-15(16-4)11-9-12-17-7-3/h14-16H,5-13H2,1-4H3. The van der Waals surface area contributed by atoms with Gasteiger partial charge in [0.15, 0.2) is 0 Å². The minimum absolute atomic E-state index is 0.678. The molecule has 0 aromatic heterocycles. The Kier molecular flexibility index (Phi) is 12.3. The lowest BCUT2D eigenvalue weighted by atomic mass is 9.90. The molecule has 1 N–H and O–H groups in total. The van der Waals surface area contributed by atoms with E-state index < -0.39 is 0 Å². The molecule has 2 nitrogen and oxygen atoms in total. The molecule has 0 heterocycles. The normalized spacial score (nSPS) is 14.8. The van der Waals surface area contributed by atoms with Gasteiger partial charge in [-0.2, -0.15) is 0 Å². The molecule has 0 bridgehead atoms. The fourth-order valence-electron chi connectivity index (χ4n) is 2.34. The first kappa shape index (κ1) is 16.9. The Bertz CT molecular complexity index is 150. The number of hydrogen-bond acceptors (Lipinski definition) is 2. The Hall–Kier alpha value is -0.0800. The average molecular weight is 243 g/mol. The van der Waals surface area contributed by atoms with Crippen molar-refractivity contribution < 1.29 is 4.74 Å². The number of unbranched alkanes of at least 4 members (excludes halogenated alkanes) is 1. The Morgan fingerprint density at radius 2 is 1.82 bits per heavy atom. The van der Waals surface area contributed by atoms with E-state index in [1.165, 1.54) is 44.9 Å². The maximum absolute atomic E-state index is 5.40. The summed E-state index contributed by atoms with van der Waals surface area (Å²) < 4.78 is 5.40. The molecule has 104 valence electrons. The predicted octanol–water partition coefficient (Wildman–Crippen LogP) is 4.00. The monoisotopic (exact) mass is 243 g/mol. The summed E-state index contributed by atoms with van der Waals surface area (Å²) >= 11 is 0. The lowest BCUT2D eigenvalue weighted by Crippen LogP contribution is -2.28. The van der Waals surface area contributed by atoms with E-state index in [9.17, 15) is 0 Å². The van der Waals surface area contributed by atoms with Crippen LogP contribution >= 0.6 is 0 Å². The average Bonchev–Trinajstić information content (AvgIpc) is 2.37. The zero-order chi connectivity index (χ0) is 12.9. The zero-order valence-corrected chi connectivity index (χ0v) is 12.4. The second-order valence-corrected chi connectivity index (χ2v) is 4.98. The van der Waals surface area contributed by atoms with Crippen LogP contribution in [0.4, 0.5) is 0 Å². The topological polar surface area (TPSA) is 21.3 Å². The van der Waals surface area contributed by atoms with Gasteiger partial charge in [-0.1, -0.05) is 39.5 Å². The van der Waals surface area contributed by atoms with E-state index in [0.29, 0.717) is 6.04 Å². The molecule has 0 aliphatic heterocycles. The summed E-state index contributed by atoms with van der Waals surface area (Å²) in [6, 6.07) is 0.678. The smallest absolute Gasteiger partial charge is 0.0466 e. The van der Waals surface area contributed by atoms with E-state index in [1.807, 2.05) is 0 Å². The Morgan fingerprint density at radius 3 is 2.35 bits per heavy atom. The fourth-order valence-corrected chi connectivity index (χ4v) is 2.34. The largest absolute Gasteiger partial charge is 0.382 e. The van der Waals surface area contributed by atoms with Crippen LogP contribution < -0.4 is 5.32 Å². The van der Waals surface area contributed by atoms with Crippen LogP contribution in [0.2, 0.25) is 0 Å². The highest BCUT2D eigenvalue weighted by atomic mass is 16.5. The van der Waals surface area contributed by atoms with Crippen molar-refractivity contribution >= 4 is 0 Å². The Labute approximate surface area is 109 Å². The van der Waals surface area contributed by atoms with Crippen LogP contribution in [0.3, 0.4) is 0 Å². The van der Waals surface area contributed by atoms with Crippen molar-refractivity contribution in [2.75, 3.05) is 20.3 Å². The van der Waals surface area contributed by atoms with Gasteiger partial charge in [-0.25, -0.2) is 0 Å². The van der Waals surface area contributed by atoms with Crippen LogP contribution in [0, 0.1) is 5.92 Å². The number of hydrogen-bond donors (Lipinski definition) is 1. The summed E-state index contributed by atoms with van der Waals surface area (Å²) in [6.45, 7) is 8.43. The van der Waals surface area contributed by atoms with Crippen molar-refractivity contribution in [2.45, 2.75) is 71.8 Å². The van der Waals surface area contributed by atoms with Crippen molar-refractivity contribution in [3.63, 3.8) is 0 Å². The van der Waals surface area contributed by atoms with Crippen molar-refractivity contribution in [2.24, 2.45) is 5.92 Å². The molecule has 0 rings (SSSR count). The van der Waals surface area contributed by atoms with E-state index in [0.717, 1.165) is 19.1 Å². The maximum Gasteiger partial charge on any atom is 0.0466 e. The zero-order valence-electron chi connectivity index (χ0n) is 12.4. The van der Waals surface area contributed by atoms with E-state index in [-0.39, 0.29) is 0 Å². The molecule has 0 saturated heterocycles. The number of rotatable bonds is 12. The molecule has 2 unspecified atom stereocenters. The molecule has 0 aliphatic carbocycles. The van der Waals surface area contributed by atoms with Crippen LogP contribution in [0.1, 0.15) is 65.7 Å². The van der Waals surface area contributed by atoms with Gasteiger partial charge in [0.2, 0.25) is 0 Å². The Morgan fingerprint density at radius 1 is 1.06 bits per heavy atom. The van der Waals surface area contributed by atoms with E-state index >= 15 is 0 Å². The highest BCUT2D eigenvalue weighted by molar-refractivity contribution is 4.70. The lowest BCUT2D eigenvalue weighted by Gasteiger charge is -2.22. The summed E-state index contributed by atoms with van der Waals surface area (Å²) in [6.07, 6.45) is 9.20. The van der Waals surface area contributed by atoms with E-state index in [2.05, 4.69) is 33.1 Å². The number of ether oxygens (including phenoxy) is 1. The second kappa shape index (κ2) is 12.4. The van der Waals surface area contributed by atoms with Crippen molar-refractivity contribution in [3.05, 3.63) is 0 Å². The summed E-state index contributed by atoms with van der Waals surface area (Å²) in [5.41, 5.74) is 0. The fraction of sp³-hybridized carbons (Fsp3) is 1.00. The molecular formula is C15H33NO. The highest BCUT2D eigenvalue weighted by Crippen LogP contribution is 2.20. The van der Waals surface area contributed by atoms with Crippen LogP contribution in [0.5, 0.6) is 0 Å². The minimum atomic E-state index is 0.678. The third-order valence-corrected chi connectivity index (χ3v) is 3.61. The molecule has 17 heavy (non-hydrogen) atoms. The van der Waals surface area contributed by atoms with Gasteiger partial charge in [0, 0.05) is 19.3 Å². The second-order valence-electron chi connectivity index (χ2n) is 4.98. The maximum atomic E-state index is 5.40. The summed E-state index contributed by atoms with van der Waals surface area (Å²) in [7, 11) is 2.10. The minimum Gasteiger partial charge on any atom is -0.382 e. The molecule has 0 aromatic rings. The van der Waals surface area contributed by atoms with Gasteiger partial charge in [-0.15, -0.1) is 0 Å². The molecule has 0 amide bonds. The van der Waals surface area contributed by atoms with Crippen LogP contribution in [-0.2, 0) is 4.74 Å². The predicted molar refractivity (Wildman–Crippen MR) is 76.5 cm³/mol. The first-order valence-electron chi connectivity index (χ1n) is 7.53. The molecule has 0 aliphatic rings. The summed E-state index contributed by atoms with van der Waals surface area (Å²) in [5.74, 6) is 0.902. The SMILES string of the molecule is CCCCC(CC)CC(CCCOCC)NC. The lowest BCUT2D eigenvalue weighted by molar-refractivity contribution is 0.139. The molecule has 2 heteroatoms. The van der Waals surface area contributed by atoms with Crippen LogP contribution in [-0.4, -0.2) is 26.3 Å². The van der Waals surface area contributed by atoms with Gasteiger partial charge < -0.3 is 10.1 Å². The van der Waals surface area contributed by atoms with Gasteiger partial charge in [-0.3, -0.25) is 0 Å². The molecule has 0 aromatic carbocycles. The molecule has 0 saturated carbocycles. The summed E-state index contributed by atoms with van der Waals surface area (Å²) in [5, 5.41) is 3.46. The first-order valence-corrected chi connectivity index (χ1v) is 7.53. The molecular weight excluding hydrogens is 210 g/mol. The van der Waals surface area contributed by atoms with E-state index in [1.54, 1.807) is 0 Å². The van der Waals surface area contributed by atoms with Gasteiger partial charge in [0.1, 0.15) is 0 Å². The highest BCUT2D eigenvalue weighted by Gasteiger charge is 2.13. The number of nitrogens with one attached hydrogen (secondary N) is 1. The molecule has 0 fully saturated rings. The first-order chi connectivity index (χ1) is 8.28. The van der Waals surface area contributed by atoms with E-state index in [4.69, 9.17) is 4.74 Å². The quantitative estimate of drug-likeness (QED) is 0.523. The van der Waals surface area contributed by atoms with Crippen LogP contribution in [0.15, 0.2) is 0 Å².